The van der Waals surface area contributed by atoms with Crippen LogP contribution in [0.2, 0.25) is 0 Å². The quantitative estimate of drug-likeness (QED) is 0.574. The first kappa shape index (κ1) is 18.8. The minimum Gasteiger partial charge on any atom is -0.463 e. The Hall–Kier alpha value is -1.18. The highest BCUT2D eigenvalue weighted by molar-refractivity contribution is 5.66. The Labute approximate surface area is 119 Å². The van der Waals surface area contributed by atoms with Gasteiger partial charge in [0, 0.05) is 35.2 Å². The molecule has 0 bridgehead atoms. The molecule has 0 N–H and O–H groups in total. The molecule has 20 heavy (non-hydrogen) atoms. The lowest BCUT2D eigenvalue weighted by Crippen LogP contribution is -2.49. The second-order valence-electron chi connectivity index (χ2n) is 4.29. The lowest BCUT2D eigenvalue weighted by atomic mass is 10.0. The van der Waals surface area contributed by atoms with E-state index in [0.29, 0.717) is 0 Å². The van der Waals surface area contributed by atoms with Crippen LogP contribution in [-0.4, -0.2) is 64.3 Å². The molecule has 0 saturated carbocycles. The lowest BCUT2D eigenvalue weighted by Gasteiger charge is -2.33. The van der Waals surface area contributed by atoms with E-state index in [9.17, 15) is 9.59 Å². The number of esters is 2. The molecule has 7 nitrogen and oxygen atoms in total. The fraction of sp³-hybridized carbons (Fsp3) is 0.846. The maximum absolute atomic E-state index is 11.0. The zero-order valence-electron chi connectivity index (χ0n) is 12.9. The fourth-order valence-corrected chi connectivity index (χ4v) is 1.92. The molecule has 118 valence electrons. The molecule has 0 aliphatic carbocycles. The highest BCUT2D eigenvalue weighted by Crippen LogP contribution is 2.17. The van der Waals surface area contributed by atoms with Gasteiger partial charge in [0.2, 0.25) is 0 Å². The van der Waals surface area contributed by atoms with Crippen LogP contribution in [0.4, 0.5) is 0 Å². The van der Waals surface area contributed by atoms with Crippen LogP contribution in [0.1, 0.15) is 20.8 Å². The van der Waals surface area contributed by atoms with Crippen LogP contribution in [-0.2, 0) is 33.3 Å². The van der Waals surface area contributed by atoms with E-state index < -0.39 is 36.4 Å². The summed E-state index contributed by atoms with van der Waals surface area (Å²) in [7, 11) is 4.44. The number of hydrogen-bond donors (Lipinski definition) is 0. The van der Waals surface area contributed by atoms with Crippen LogP contribution in [0.5, 0.6) is 0 Å². The Kier molecular flexibility index (Phi) is 9.11. The minimum absolute atomic E-state index is 0.0248. The maximum Gasteiger partial charge on any atom is 0.302 e. The van der Waals surface area contributed by atoms with E-state index in [2.05, 4.69) is 0 Å². The summed E-state index contributed by atoms with van der Waals surface area (Å²) in [6, 6.07) is 0. The average molecular weight is 292 g/mol. The summed E-state index contributed by atoms with van der Waals surface area (Å²) >= 11 is 0. The van der Waals surface area contributed by atoms with E-state index in [1.54, 1.807) is 6.92 Å². The third-order valence-corrected chi connectivity index (χ3v) is 2.80. The highest BCUT2D eigenvalue weighted by Gasteiger charge is 2.36. The van der Waals surface area contributed by atoms with Crippen molar-refractivity contribution in [3.05, 3.63) is 0 Å². The molecule has 0 spiro atoms. The molecule has 0 radical (unpaired) electrons. The Morgan fingerprint density at radius 1 is 0.900 bits per heavy atom. The first-order chi connectivity index (χ1) is 9.37. The van der Waals surface area contributed by atoms with Gasteiger partial charge in [-0.05, 0) is 6.92 Å². The summed E-state index contributed by atoms with van der Waals surface area (Å²) in [4.78, 5) is 21.9. The predicted molar refractivity (Wildman–Crippen MR) is 70.3 cm³/mol. The van der Waals surface area contributed by atoms with Crippen LogP contribution >= 0.6 is 0 Å². The summed E-state index contributed by atoms with van der Waals surface area (Å²) in [5.74, 6) is -0.827. The van der Waals surface area contributed by atoms with Gasteiger partial charge in [-0.1, -0.05) is 0 Å². The normalized spacial score (nSPS) is 16.9. The molecule has 0 saturated heterocycles. The molecular weight excluding hydrogens is 268 g/mol. The third-order valence-electron chi connectivity index (χ3n) is 2.80. The summed E-state index contributed by atoms with van der Waals surface area (Å²) in [6.45, 7) is 4.35. The number of carbonyl (C=O) groups is 2. The number of carbonyl (C=O) groups excluding carboxylic acids is 2. The second-order valence-corrected chi connectivity index (χ2v) is 4.29. The smallest absolute Gasteiger partial charge is 0.302 e. The molecule has 0 aliphatic heterocycles. The standard InChI is InChI=1S/C13H24O7/c1-8(20-10(3)15)12(17-5)13(18-6)11(16-4)7-19-9(2)14/h8,11-13H,7H2,1-6H3/t8-,11-,12-,13-/m0/s1. The van der Waals surface area contributed by atoms with E-state index in [0.717, 1.165) is 0 Å². The average Bonchev–Trinajstić information content (AvgIpc) is 2.36. The van der Waals surface area contributed by atoms with E-state index >= 15 is 0 Å². The zero-order valence-corrected chi connectivity index (χ0v) is 12.9. The first-order valence-corrected chi connectivity index (χ1v) is 6.26. The predicted octanol–water partition coefficient (Wildman–Crippen LogP) is 0.546. The van der Waals surface area contributed by atoms with Crippen LogP contribution in [0.15, 0.2) is 0 Å². The van der Waals surface area contributed by atoms with E-state index in [-0.39, 0.29) is 6.61 Å². The Bertz CT molecular complexity index is 305. The van der Waals surface area contributed by atoms with E-state index in [4.69, 9.17) is 23.7 Å². The van der Waals surface area contributed by atoms with Crippen molar-refractivity contribution in [2.24, 2.45) is 0 Å². The molecule has 0 aromatic carbocycles. The van der Waals surface area contributed by atoms with Gasteiger partial charge in [-0.15, -0.1) is 0 Å². The third kappa shape index (κ3) is 6.31. The Morgan fingerprint density at radius 3 is 1.80 bits per heavy atom. The SMILES string of the molecule is CO[C@H]([C@@H](OC)[C@H](COC(C)=O)OC)[C@H](C)OC(C)=O. The van der Waals surface area contributed by atoms with Crippen LogP contribution in [0, 0.1) is 0 Å². The van der Waals surface area contributed by atoms with Gasteiger partial charge in [-0.3, -0.25) is 9.59 Å². The molecular formula is C13H24O7. The van der Waals surface area contributed by atoms with E-state index in [1.165, 1.54) is 35.2 Å². The Balaban J connectivity index is 4.86. The molecule has 0 rings (SSSR count). The molecule has 4 atom stereocenters. The van der Waals surface area contributed by atoms with Crippen molar-refractivity contribution in [3.63, 3.8) is 0 Å². The van der Waals surface area contributed by atoms with Crippen molar-refractivity contribution in [2.75, 3.05) is 27.9 Å². The Morgan fingerprint density at radius 2 is 1.45 bits per heavy atom. The van der Waals surface area contributed by atoms with Gasteiger partial charge >= 0.3 is 11.9 Å². The maximum atomic E-state index is 11.0. The molecule has 0 aromatic heterocycles. The van der Waals surface area contributed by atoms with Crippen molar-refractivity contribution < 1.29 is 33.3 Å². The van der Waals surface area contributed by atoms with Crippen molar-refractivity contribution in [1.82, 2.24) is 0 Å². The molecule has 0 amide bonds. The zero-order chi connectivity index (χ0) is 15.7. The topological polar surface area (TPSA) is 80.3 Å². The van der Waals surface area contributed by atoms with Gasteiger partial charge in [0.25, 0.3) is 0 Å². The van der Waals surface area contributed by atoms with Crippen LogP contribution < -0.4 is 0 Å². The molecule has 7 heteroatoms. The van der Waals surface area contributed by atoms with Crippen LogP contribution in [0.25, 0.3) is 0 Å². The summed E-state index contributed by atoms with van der Waals surface area (Å²) < 4.78 is 26.0. The van der Waals surface area contributed by atoms with Gasteiger partial charge < -0.3 is 23.7 Å². The summed E-state index contributed by atoms with van der Waals surface area (Å²) in [5.41, 5.74) is 0. The van der Waals surface area contributed by atoms with E-state index in [1.807, 2.05) is 0 Å². The number of methoxy groups -OCH3 is 3. The molecule has 0 fully saturated rings. The van der Waals surface area contributed by atoms with Gasteiger partial charge in [-0.2, -0.15) is 0 Å². The summed E-state index contributed by atoms with van der Waals surface area (Å²) in [6.07, 6.45) is -2.17. The van der Waals surface area contributed by atoms with Gasteiger partial charge in [0.15, 0.2) is 0 Å². The minimum atomic E-state index is -0.557. The largest absolute Gasteiger partial charge is 0.463 e. The molecule has 0 heterocycles. The first-order valence-electron chi connectivity index (χ1n) is 6.26. The molecule has 0 unspecified atom stereocenters. The summed E-state index contributed by atoms with van der Waals surface area (Å²) in [5, 5.41) is 0. The second kappa shape index (κ2) is 9.68. The fourth-order valence-electron chi connectivity index (χ4n) is 1.92. The monoisotopic (exact) mass is 292 g/mol. The van der Waals surface area contributed by atoms with Gasteiger partial charge in [0.1, 0.15) is 31.0 Å². The molecule has 0 aromatic rings. The van der Waals surface area contributed by atoms with Crippen molar-refractivity contribution in [3.8, 4) is 0 Å². The lowest BCUT2D eigenvalue weighted by molar-refractivity contribution is -0.176. The number of rotatable bonds is 9. The van der Waals surface area contributed by atoms with Crippen molar-refractivity contribution >= 4 is 11.9 Å². The van der Waals surface area contributed by atoms with Crippen molar-refractivity contribution in [1.29, 1.82) is 0 Å². The van der Waals surface area contributed by atoms with Gasteiger partial charge in [-0.25, -0.2) is 0 Å². The van der Waals surface area contributed by atoms with Crippen LogP contribution in [0.3, 0.4) is 0 Å². The number of ether oxygens (including phenoxy) is 5. The van der Waals surface area contributed by atoms with Gasteiger partial charge in [0.05, 0.1) is 0 Å². The highest BCUT2D eigenvalue weighted by atomic mass is 16.6. The number of hydrogen-bond acceptors (Lipinski definition) is 7. The van der Waals surface area contributed by atoms with Crippen molar-refractivity contribution in [2.45, 2.75) is 45.2 Å². The molecule has 0 aliphatic rings.